The first-order valence-corrected chi connectivity index (χ1v) is 7.20. The van der Waals surface area contributed by atoms with Gasteiger partial charge in [0.25, 0.3) is 0 Å². The molecule has 0 aromatic heterocycles. The summed E-state index contributed by atoms with van der Waals surface area (Å²) >= 11 is 0.493. The van der Waals surface area contributed by atoms with Crippen LogP contribution in [0.4, 0.5) is 0 Å². The van der Waals surface area contributed by atoms with E-state index in [1.165, 1.54) is 21.8 Å². The van der Waals surface area contributed by atoms with Gasteiger partial charge >= 0.3 is 63.2 Å². The van der Waals surface area contributed by atoms with Gasteiger partial charge in [0, 0.05) is 0 Å². The molecule has 10 heavy (non-hydrogen) atoms. The summed E-state index contributed by atoms with van der Waals surface area (Å²) in [5, 5.41) is 0. The molecule has 0 aromatic carbocycles. The summed E-state index contributed by atoms with van der Waals surface area (Å²) in [4.78, 5) is 0. The van der Waals surface area contributed by atoms with E-state index in [9.17, 15) is 0 Å². The molecule has 0 unspecified atom stereocenters. The number of rotatable bonds is 3. The van der Waals surface area contributed by atoms with Crippen molar-refractivity contribution in [2.45, 2.75) is 49.5 Å². The van der Waals surface area contributed by atoms with E-state index in [1.54, 1.807) is 0 Å². The third-order valence-corrected chi connectivity index (χ3v) is 3.24. The molecular weight excluding hydrogens is 289 g/mol. The third kappa shape index (κ3) is 34.2. The Balaban J connectivity index is -0.0000000910. The molecule has 0 heterocycles. The molecule has 2 heteroatoms. The minimum absolute atomic E-state index is 0. The van der Waals surface area contributed by atoms with Crippen LogP contribution in [0, 0.1) is 0 Å². The SMILES string of the molecule is CCCC.CC[Te]CC.[Zn+2]. The normalized spacial score (nSPS) is 7.20. The second-order valence-electron chi connectivity index (χ2n) is 1.78. The Morgan fingerprint density at radius 2 is 1.10 bits per heavy atom. The van der Waals surface area contributed by atoms with Crippen LogP contribution in [-0.4, -0.2) is 20.9 Å². The molecule has 0 spiro atoms. The smallest absolute Gasteiger partial charge is 2.00 e. The summed E-state index contributed by atoms with van der Waals surface area (Å²) in [5.74, 6) is 0. The average Bonchev–Trinajstić information content (AvgIpc) is 1.91. The van der Waals surface area contributed by atoms with Crippen LogP contribution in [0.1, 0.15) is 40.5 Å². The van der Waals surface area contributed by atoms with Crippen LogP contribution in [0.5, 0.6) is 0 Å². The monoisotopic (exact) mass is 310 g/mol. The zero-order chi connectivity index (χ0) is 7.54. The molecule has 58 valence electrons. The summed E-state index contributed by atoms with van der Waals surface area (Å²) in [5.41, 5.74) is 0. The molecule has 0 radical (unpaired) electrons. The summed E-state index contributed by atoms with van der Waals surface area (Å²) in [6, 6.07) is 0. The Labute approximate surface area is 89.4 Å². The molecule has 0 atom stereocenters. The molecule has 0 saturated carbocycles. The fraction of sp³-hybridized carbons (Fsp3) is 1.00. The molecule has 0 rings (SSSR count). The van der Waals surface area contributed by atoms with Crippen molar-refractivity contribution in [2.24, 2.45) is 0 Å². The maximum absolute atomic E-state index is 2.27. The van der Waals surface area contributed by atoms with Gasteiger partial charge < -0.3 is 0 Å². The predicted molar refractivity (Wildman–Crippen MR) is 47.3 cm³/mol. The van der Waals surface area contributed by atoms with Crippen molar-refractivity contribution in [1.29, 1.82) is 0 Å². The number of unbranched alkanes of at least 4 members (excludes halogenated alkanes) is 1. The largest absolute Gasteiger partial charge is 2.00 e. The topological polar surface area (TPSA) is 0 Å². The van der Waals surface area contributed by atoms with Crippen LogP contribution in [0.3, 0.4) is 0 Å². The van der Waals surface area contributed by atoms with E-state index in [4.69, 9.17) is 0 Å². The van der Waals surface area contributed by atoms with Gasteiger partial charge in [-0.1, -0.05) is 26.7 Å². The van der Waals surface area contributed by atoms with Crippen LogP contribution in [0.25, 0.3) is 0 Å². The van der Waals surface area contributed by atoms with Crippen LogP contribution >= 0.6 is 0 Å². The summed E-state index contributed by atoms with van der Waals surface area (Å²) in [6.45, 7) is 8.90. The first kappa shape index (κ1) is 17.5. The first-order valence-electron chi connectivity index (χ1n) is 3.91. The van der Waals surface area contributed by atoms with Gasteiger partial charge in [0.05, 0.1) is 0 Å². The fourth-order valence-corrected chi connectivity index (χ4v) is 1.37. The van der Waals surface area contributed by atoms with Gasteiger partial charge in [-0.3, -0.25) is 0 Å². The second kappa shape index (κ2) is 22.4. The summed E-state index contributed by atoms with van der Waals surface area (Å²) in [6.07, 6.45) is 2.64. The number of hydrogen-bond acceptors (Lipinski definition) is 0. The molecule has 0 aliphatic rings. The van der Waals surface area contributed by atoms with Crippen LogP contribution in [-0.2, 0) is 19.5 Å². The van der Waals surface area contributed by atoms with Crippen LogP contribution in [0.2, 0.25) is 8.94 Å². The van der Waals surface area contributed by atoms with Gasteiger partial charge in [-0.05, 0) is 0 Å². The van der Waals surface area contributed by atoms with Crippen LogP contribution in [0.15, 0.2) is 0 Å². The van der Waals surface area contributed by atoms with E-state index in [1.807, 2.05) is 0 Å². The molecule has 0 fully saturated rings. The van der Waals surface area contributed by atoms with E-state index in [2.05, 4.69) is 27.7 Å². The van der Waals surface area contributed by atoms with Crippen molar-refractivity contribution in [2.75, 3.05) is 0 Å². The first-order chi connectivity index (χ1) is 4.33. The minimum Gasteiger partial charge on any atom is 2.00 e. The molecule has 0 saturated heterocycles. The molecule has 0 nitrogen and oxygen atoms in total. The van der Waals surface area contributed by atoms with E-state index in [-0.39, 0.29) is 19.5 Å². The van der Waals surface area contributed by atoms with E-state index < -0.39 is 0 Å². The maximum Gasteiger partial charge on any atom is 2.00 e. The Bertz CT molecular complexity index is 28.4. The zero-order valence-electron chi connectivity index (χ0n) is 7.94. The second-order valence-corrected chi connectivity index (χ2v) is 6.24. The van der Waals surface area contributed by atoms with Gasteiger partial charge in [-0.2, -0.15) is 0 Å². The number of hydrogen-bond donors (Lipinski definition) is 0. The minimum atomic E-state index is 0. The van der Waals surface area contributed by atoms with Crippen molar-refractivity contribution >= 4 is 20.9 Å². The zero-order valence-corrected chi connectivity index (χ0v) is 13.2. The van der Waals surface area contributed by atoms with E-state index in [0.717, 1.165) is 0 Å². The molecule has 0 bridgehead atoms. The molecular formula is C8H20TeZn+2. The van der Waals surface area contributed by atoms with Gasteiger partial charge in [0.2, 0.25) is 0 Å². The standard InChI is InChI=1S/C4H10Te.C4H10.Zn/c1-3-5-4-2;1-3-4-2;/h3-4H2,1-2H3;3-4H2,1-2H3;/q;;+2. The van der Waals surface area contributed by atoms with Crippen molar-refractivity contribution in [3.63, 3.8) is 0 Å². The summed E-state index contributed by atoms with van der Waals surface area (Å²) in [7, 11) is 0. The molecule has 0 aromatic rings. The quantitative estimate of drug-likeness (QED) is 0.701. The molecule has 0 aliphatic carbocycles. The summed E-state index contributed by atoms with van der Waals surface area (Å²) < 4.78 is 2.95. The Kier molecular flexibility index (Phi) is 39.2. The van der Waals surface area contributed by atoms with Gasteiger partial charge in [0.15, 0.2) is 0 Å². The Morgan fingerprint density at radius 3 is 1.10 bits per heavy atom. The Morgan fingerprint density at radius 1 is 0.800 bits per heavy atom. The predicted octanol–water partition coefficient (Wildman–Crippen LogP) is 3.37. The molecule has 0 N–H and O–H groups in total. The van der Waals surface area contributed by atoms with Crippen molar-refractivity contribution in [3.05, 3.63) is 0 Å². The van der Waals surface area contributed by atoms with Crippen molar-refractivity contribution in [1.82, 2.24) is 0 Å². The van der Waals surface area contributed by atoms with E-state index >= 15 is 0 Å². The fourth-order valence-electron chi connectivity index (χ4n) is 0.204. The van der Waals surface area contributed by atoms with Gasteiger partial charge in [-0.25, -0.2) is 0 Å². The van der Waals surface area contributed by atoms with Gasteiger partial charge in [0.1, 0.15) is 0 Å². The Hall–Kier alpha value is 1.41. The van der Waals surface area contributed by atoms with Crippen molar-refractivity contribution < 1.29 is 19.5 Å². The maximum atomic E-state index is 2.27. The third-order valence-electron chi connectivity index (χ3n) is 0.908. The average molecular weight is 309 g/mol. The van der Waals surface area contributed by atoms with Crippen molar-refractivity contribution in [3.8, 4) is 0 Å². The molecule has 0 amide bonds. The van der Waals surface area contributed by atoms with Crippen LogP contribution < -0.4 is 0 Å². The van der Waals surface area contributed by atoms with Gasteiger partial charge in [-0.15, -0.1) is 0 Å². The molecule has 0 aliphatic heterocycles. The van der Waals surface area contributed by atoms with E-state index in [0.29, 0.717) is 20.9 Å².